The van der Waals surface area contributed by atoms with E-state index in [0.717, 1.165) is 24.2 Å². The summed E-state index contributed by atoms with van der Waals surface area (Å²) in [6, 6.07) is 9.07. The number of nitrogens with zero attached hydrogens (tertiary/aromatic N) is 1. The van der Waals surface area contributed by atoms with E-state index < -0.39 is 17.8 Å². The summed E-state index contributed by atoms with van der Waals surface area (Å²) in [5, 5.41) is 12.3. The third-order valence-corrected chi connectivity index (χ3v) is 5.91. The second-order valence-corrected chi connectivity index (χ2v) is 8.22. The Morgan fingerprint density at radius 2 is 1.90 bits per heavy atom. The number of pyridine rings is 1. The Morgan fingerprint density at radius 3 is 2.55 bits per heavy atom. The Bertz CT molecular complexity index is 910. The third-order valence-electron chi connectivity index (χ3n) is 5.68. The van der Waals surface area contributed by atoms with Crippen molar-refractivity contribution in [3.63, 3.8) is 0 Å². The molecule has 2 fully saturated rings. The van der Waals surface area contributed by atoms with Gasteiger partial charge in [0.2, 0.25) is 11.8 Å². The first-order valence-electron chi connectivity index (χ1n) is 9.98. The lowest BCUT2D eigenvalue weighted by Gasteiger charge is -2.24. The van der Waals surface area contributed by atoms with Crippen molar-refractivity contribution in [3.8, 4) is 11.6 Å². The topological polar surface area (TPSA) is 88.5 Å². The number of aliphatic carboxylic acids is 1. The van der Waals surface area contributed by atoms with Crippen LogP contribution in [0.4, 0.5) is 5.69 Å². The number of ether oxygens (including phenoxy) is 1. The molecule has 0 bridgehead atoms. The molecule has 2 N–H and O–H groups in total. The minimum Gasteiger partial charge on any atom is -0.481 e. The number of nitrogens with one attached hydrogen (secondary N) is 1. The first-order valence-corrected chi connectivity index (χ1v) is 10.4. The summed E-state index contributed by atoms with van der Waals surface area (Å²) >= 11 is 6.22. The molecular weight excluding hydrogens is 392 g/mol. The van der Waals surface area contributed by atoms with Crippen LogP contribution in [0.2, 0.25) is 5.02 Å². The summed E-state index contributed by atoms with van der Waals surface area (Å²) in [7, 11) is 0. The Kier molecular flexibility index (Phi) is 5.72. The molecule has 1 aromatic carbocycles. The van der Waals surface area contributed by atoms with E-state index >= 15 is 0 Å². The zero-order valence-corrected chi connectivity index (χ0v) is 16.7. The van der Waals surface area contributed by atoms with Crippen LogP contribution in [-0.4, -0.2) is 22.0 Å². The first-order chi connectivity index (χ1) is 14.0. The van der Waals surface area contributed by atoms with Crippen molar-refractivity contribution in [2.45, 2.75) is 44.4 Å². The van der Waals surface area contributed by atoms with E-state index in [1.54, 1.807) is 12.1 Å². The average molecular weight is 415 g/mol. The number of anilines is 1. The highest BCUT2D eigenvalue weighted by Gasteiger charge is 2.48. The Labute approximate surface area is 174 Å². The molecule has 2 aliphatic rings. The molecule has 0 radical (unpaired) electrons. The highest BCUT2D eigenvalue weighted by Crippen LogP contribution is 2.41. The fourth-order valence-corrected chi connectivity index (χ4v) is 4.15. The number of carbonyl (C=O) groups excluding carboxylic acids is 1. The minimum absolute atomic E-state index is 0.287. The summed E-state index contributed by atoms with van der Waals surface area (Å²) in [4.78, 5) is 27.2. The Morgan fingerprint density at radius 1 is 1.10 bits per heavy atom. The van der Waals surface area contributed by atoms with Gasteiger partial charge < -0.3 is 15.2 Å². The number of hydrogen-bond acceptors (Lipinski definition) is 4. The van der Waals surface area contributed by atoms with E-state index in [0.29, 0.717) is 28.9 Å². The maximum absolute atomic E-state index is 12.1. The fourth-order valence-electron chi connectivity index (χ4n) is 3.96. The normalized spacial score (nSPS) is 21.4. The molecule has 0 saturated heterocycles. The molecule has 1 heterocycles. The number of benzene rings is 1. The van der Waals surface area contributed by atoms with Gasteiger partial charge in [0.25, 0.3) is 0 Å². The number of carbonyl (C=O) groups is 2. The smallest absolute Gasteiger partial charge is 0.307 e. The van der Waals surface area contributed by atoms with Crippen molar-refractivity contribution in [2.75, 3.05) is 5.32 Å². The summed E-state index contributed by atoms with van der Waals surface area (Å²) in [5.74, 6) is -0.625. The predicted molar refractivity (Wildman–Crippen MR) is 109 cm³/mol. The van der Waals surface area contributed by atoms with Crippen molar-refractivity contribution >= 4 is 29.2 Å². The molecule has 7 heteroatoms. The van der Waals surface area contributed by atoms with Crippen LogP contribution in [0.25, 0.3) is 0 Å². The summed E-state index contributed by atoms with van der Waals surface area (Å²) in [6.45, 7) is 0. The van der Waals surface area contributed by atoms with Crippen LogP contribution >= 0.6 is 11.6 Å². The summed E-state index contributed by atoms with van der Waals surface area (Å²) < 4.78 is 6.03. The van der Waals surface area contributed by atoms with Crippen LogP contribution in [0.15, 0.2) is 36.5 Å². The molecular formula is C22H23ClN2O4. The second kappa shape index (κ2) is 8.41. The van der Waals surface area contributed by atoms with E-state index in [4.69, 9.17) is 21.4 Å². The van der Waals surface area contributed by atoms with Crippen LogP contribution in [0, 0.1) is 11.8 Å². The lowest BCUT2D eigenvalue weighted by Crippen LogP contribution is -2.16. The zero-order chi connectivity index (χ0) is 20.4. The first kappa shape index (κ1) is 19.7. The van der Waals surface area contributed by atoms with Gasteiger partial charge in [-0.3, -0.25) is 9.59 Å². The molecule has 1 aromatic heterocycles. The molecule has 2 aliphatic carbocycles. The van der Waals surface area contributed by atoms with Crippen molar-refractivity contribution in [2.24, 2.45) is 11.8 Å². The highest BCUT2D eigenvalue weighted by molar-refractivity contribution is 6.30. The van der Waals surface area contributed by atoms with Gasteiger partial charge in [-0.1, -0.05) is 30.9 Å². The molecule has 2 saturated carbocycles. The number of amides is 1. The van der Waals surface area contributed by atoms with E-state index in [-0.39, 0.29) is 5.91 Å². The van der Waals surface area contributed by atoms with Crippen LogP contribution in [0.3, 0.4) is 0 Å². The van der Waals surface area contributed by atoms with Crippen molar-refractivity contribution in [3.05, 3.63) is 47.1 Å². The van der Waals surface area contributed by atoms with Crippen molar-refractivity contribution in [1.29, 1.82) is 0 Å². The summed E-state index contributed by atoms with van der Waals surface area (Å²) in [5.41, 5.74) is 1.63. The van der Waals surface area contributed by atoms with Crippen LogP contribution < -0.4 is 10.1 Å². The lowest BCUT2D eigenvalue weighted by atomic mass is 9.84. The molecule has 2 atom stereocenters. The number of halogens is 1. The monoisotopic (exact) mass is 414 g/mol. The van der Waals surface area contributed by atoms with Crippen LogP contribution in [0.5, 0.6) is 11.6 Å². The van der Waals surface area contributed by atoms with Gasteiger partial charge in [-0.05, 0) is 55.0 Å². The maximum atomic E-state index is 12.1. The average Bonchev–Trinajstić information content (AvgIpc) is 3.53. The summed E-state index contributed by atoms with van der Waals surface area (Å²) in [6.07, 6.45) is 7.87. The number of rotatable bonds is 6. The largest absolute Gasteiger partial charge is 0.481 e. The third kappa shape index (κ3) is 4.70. The van der Waals surface area contributed by atoms with E-state index in [1.165, 1.54) is 25.5 Å². The van der Waals surface area contributed by atoms with Gasteiger partial charge in [-0.15, -0.1) is 0 Å². The standard InChI is InChI=1S/C22H23ClN2O4/c23-14-6-8-19(16(10-14)13-4-2-1-3-5-13)29-20-9-7-15(12-24-20)25-21(26)17-11-18(17)22(27)28/h6-10,12-13,17-18H,1-5,11H2,(H,25,26)(H,27,28)/t17-,18-/m0/s1. The highest BCUT2D eigenvalue weighted by atomic mass is 35.5. The molecule has 2 aromatic rings. The molecule has 0 spiro atoms. The van der Waals surface area contributed by atoms with Gasteiger partial charge in [0.15, 0.2) is 0 Å². The van der Waals surface area contributed by atoms with Crippen LogP contribution in [0.1, 0.15) is 50.0 Å². The molecule has 1 amide bonds. The van der Waals surface area contributed by atoms with E-state index in [9.17, 15) is 9.59 Å². The zero-order valence-electron chi connectivity index (χ0n) is 15.9. The molecule has 0 unspecified atom stereocenters. The predicted octanol–water partition coefficient (Wildman–Crippen LogP) is 5.23. The maximum Gasteiger partial charge on any atom is 0.307 e. The molecule has 29 heavy (non-hydrogen) atoms. The Balaban J connectivity index is 1.43. The van der Waals surface area contributed by atoms with Crippen molar-refractivity contribution in [1.82, 2.24) is 4.98 Å². The second-order valence-electron chi connectivity index (χ2n) is 7.78. The minimum atomic E-state index is -0.927. The lowest BCUT2D eigenvalue weighted by molar-refractivity contribution is -0.139. The SMILES string of the molecule is O=C(O)[C@H]1C[C@@H]1C(=O)Nc1ccc(Oc2ccc(Cl)cc2C2CCCCC2)nc1. The quantitative estimate of drug-likeness (QED) is 0.675. The number of hydrogen-bond donors (Lipinski definition) is 2. The van der Waals surface area contributed by atoms with Crippen molar-refractivity contribution < 1.29 is 19.4 Å². The van der Waals surface area contributed by atoms with Gasteiger partial charge in [0.1, 0.15) is 5.75 Å². The van der Waals surface area contributed by atoms with Gasteiger partial charge >= 0.3 is 5.97 Å². The molecule has 152 valence electrons. The molecule has 0 aliphatic heterocycles. The number of carboxylic acid groups (broad SMARTS) is 1. The molecule has 6 nitrogen and oxygen atoms in total. The van der Waals surface area contributed by atoms with Crippen LogP contribution in [-0.2, 0) is 9.59 Å². The van der Waals surface area contributed by atoms with E-state index in [2.05, 4.69) is 10.3 Å². The number of carboxylic acids is 1. The van der Waals surface area contributed by atoms with Gasteiger partial charge in [-0.25, -0.2) is 4.98 Å². The van der Waals surface area contributed by atoms with Gasteiger partial charge in [-0.2, -0.15) is 0 Å². The van der Waals surface area contributed by atoms with Gasteiger partial charge in [0.05, 0.1) is 23.7 Å². The fraction of sp³-hybridized carbons (Fsp3) is 0.409. The number of aromatic nitrogens is 1. The Hall–Kier alpha value is -2.60. The van der Waals surface area contributed by atoms with E-state index in [1.807, 2.05) is 18.2 Å². The molecule has 4 rings (SSSR count). The van der Waals surface area contributed by atoms with Gasteiger partial charge in [0, 0.05) is 11.1 Å².